The van der Waals surface area contributed by atoms with Crippen LogP contribution in [0.2, 0.25) is 0 Å². The van der Waals surface area contributed by atoms with E-state index in [1.54, 1.807) is 55.8 Å². The lowest BCUT2D eigenvalue weighted by atomic mass is 10.1. The summed E-state index contributed by atoms with van der Waals surface area (Å²) in [5, 5.41) is 0. The monoisotopic (exact) mass is 334 g/mol. The molecule has 25 heavy (non-hydrogen) atoms. The summed E-state index contributed by atoms with van der Waals surface area (Å²) in [6.07, 6.45) is 3.15. The van der Waals surface area contributed by atoms with Gasteiger partial charge in [0.25, 0.3) is 0 Å². The largest absolute Gasteiger partial charge is 0.463 e. The van der Waals surface area contributed by atoms with Gasteiger partial charge in [-0.2, -0.15) is 0 Å². The minimum absolute atomic E-state index is 0.317. The summed E-state index contributed by atoms with van der Waals surface area (Å²) in [6.45, 7) is 2.08. The highest BCUT2D eigenvalue weighted by molar-refractivity contribution is 5.94. The number of benzene rings is 1. The van der Waals surface area contributed by atoms with Crippen molar-refractivity contribution in [3.8, 4) is 22.9 Å². The lowest BCUT2D eigenvalue weighted by Crippen LogP contribution is -2.05. The molecule has 0 spiro atoms. The molecule has 4 aromatic rings. The SMILES string of the molecule is CCOC(=O)c1ccc2nc(-c3ccco3)c(-c3ccco3)nc2c1. The Balaban J connectivity index is 1.92. The molecule has 0 radical (unpaired) electrons. The van der Waals surface area contributed by atoms with Crippen LogP contribution in [0, 0.1) is 0 Å². The lowest BCUT2D eigenvalue weighted by molar-refractivity contribution is 0.0526. The average Bonchev–Trinajstić information content (AvgIpc) is 3.34. The van der Waals surface area contributed by atoms with Gasteiger partial charge in [0.15, 0.2) is 11.5 Å². The molecule has 3 aromatic heterocycles. The van der Waals surface area contributed by atoms with E-state index in [0.717, 1.165) is 0 Å². The van der Waals surface area contributed by atoms with E-state index in [4.69, 9.17) is 13.6 Å². The van der Waals surface area contributed by atoms with Crippen molar-refractivity contribution in [2.45, 2.75) is 6.92 Å². The summed E-state index contributed by atoms with van der Waals surface area (Å²) < 4.78 is 16.0. The fourth-order valence-electron chi connectivity index (χ4n) is 2.57. The summed E-state index contributed by atoms with van der Waals surface area (Å²) >= 11 is 0. The Morgan fingerprint density at radius 3 is 2.16 bits per heavy atom. The summed E-state index contributed by atoms with van der Waals surface area (Å²) in [5.41, 5.74) is 2.78. The van der Waals surface area contributed by atoms with Gasteiger partial charge in [-0.3, -0.25) is 0 Å². The molecule has 0 saturated heterocycles. The van der Waals surface area contributed by atoms with Crippen molar-refractivity contribution >= 4 is 17.0 Å². The van der Waals surface area contributed by atoms with Gasteiger partial charge in [0.1, 0.15) is 11.4 Å². The first-order valence-corrected chi connectivity index (χ1v) is 7.83. The summed E-state index contributed by atoms with van der Waals surface area (Å²) in [7, 11) is 0. The fraction of sp³-hybridized carbons (Fsp3) is 0.105. The molecule has 0 atom stereocenters. The van der Waals surface area contributed by atoms with E-state index in [9.17, 15) is 4.79 Å². The molecule has 124 valence electrons. The quantitative estimate of drug-likeness (QED) is 0.517. The Kier molecular flexibility index (Phi) is 3.78. The van der Waals surface area contributed by atoms with E-state index in [-0.39, 0.29) is 5.97 Å². The van der Waals surface area contributed by atoms with Gasteiger partial charge in [0.2, 0.25) is 0 Å². The van der Waals surface area contributed by atoms with Crippen molar-refractivity contribution in [1.82, 2.24) is 9.97 Å². The van der Waals surface area contributed by atoms with E-state index >= 15 is 0 Å². The van der Waals surface area contributed by atoms with Gasteiger partial charge in [-0.1, -0.05) is 0 Å². The second-order valence-electron chi connectivity index (χ2n) is 5.30. The third-order valence-electron chi connectivity index (χ3n) is 3.68. The summed E-state index contributed by atoms with van der Waals surface area (Å²) in [5.74, 6) is 0.776. The number of aromatic nitrogens is 2. The molecule has 6 nitrogen and oxygen atoms in total. The van der Waals surface area contributed by atoms with Crippen LogP contribution in [0.4, 0.5) is 0 Å². The van der Waals surface area contributed by atoms with Crippen molar-refractivity contribution in [3.63, 3.8) is 0 Å². The molecule has 4 rings (SSSR count). The van der Waals surface area contributed by atoms with Crippen molar-refractivity contribution < 1.29 is 18.4 Å². The molecule has 0 fully saturated rings. The maximum Gasteiger partial charge on any atom is 0.338 e. The normalized spacial score (nSPS) is 10.9. The topological polar surface area (TPSA) is 78.4 Å². The van der Waals surface area contributed by atoms with Crippen LogP contribution >= 0.6 is 0 Å². The lowest BCUT2D eigenvalue weighted by Gasteiger charge is -2.08. The standard InChI is InChI=1S/C19H14N2O4/c1-2-23-19(22)12-7-8-13-14(11-12)21-18(16-6-4-10-25-16)17(20-13)15-5-3-9-24-15/h3-11H,2H2,1H3. The highest BCUT2D eigenvalue weighted by atomic mass is 16.5. The van der Waals surface area contributed by atoms with Gasteiger partial charge in [-0.05, 0) is 49.4 Å². The zero-order valence-corrected chi connectivity index (χ0v) is 13.4. The van der Waals surface area contributed by atoms with Crippen LogP contribution in [0.3, 0.4) is 0 Å². The number of hydrogen-bond donors (Lipinski definition) is 0. The van der Waals surface area contributed by atoms with Gasteiger partial charge in [0.05, 0.1) is 35.7 Å². The maximum absolute atomic E-state index is 12.0. The second kappa shape index (κ2) is 6.24. The summed E-state index contributed by atoms with van der Waals surface area (Å²) in [4.78, 5) is 21.3. The first kappa shape index (κ1) is 15.1. The predicted molar refractivity (Wildman–Crippen MR) is 90.9 cm³/mol. The minimum Gasteiger partial charge on any atom is -0.463 e. The van der Waals surface area contributed by atoms with Crippen LogP contribution in [0.1, 0.15) is 17.3 Å². The fourth-order valence-corrected chi connectivity index (χ4v) is 2.57. The van der Waals surface area contributed by atoms with E-state index < -0.39 is 0 Å². The summed E-state index contributed by atoms with van der Waals surface area (Å²) in [6, 6.07) is 12.3. The zero-order valence-electron chi connectivity index (χ0n) is 13.4. The van der Waals surface area contributed by atoms with Crippen LogP contribution in [-0.4, -0.2) is 22.5 Å². The van der Waals surface area contributed by atoms with Crippen molar-refractivity contribution in [3.05, 3.63) is 60.6 Å². The van der Waals surface area contributed by atoms with Crippen LogP contribution in [-0.2, 0) is 4.74 Å². The Morgan fingerprint density at radius 2 is 1.60 bits per heavy atom. The van der Waals surface area contributed by atoms with Crippen LogP contribution in [0.25, 0.3) is 33.9 Å². The van der Waals surface area contributed by atoms with Gasteiger partial charge in [-0.15, -0.1) is 0 Å². The Bertz CT molecular complexity index is 1020. The molecular formula is C19H14N2O4. The molecule has 1 aromatic carbocycles. The average molecular weight is 334 g/mol. The smallest absolute Gasteiger partial charge is 0.338 e. The number of ether oxygens (including phenoxy) is 1. The third kappa shape index (κ3) is 2.78. The Morgan fingerprint density at radius 1 is 0.960 bits per heavy atom. The van der Waals surface area contributed by atoms with Crippen molar-refractivity contribution in [1.29, 1.82) is 0 Å². The number of hydrogen-bond acceptors (Lipinski definition) is 6. The molecule has 0 aliphatic heterocycles. The van der Waals surface area contributed by atoms with Gasteiger partial charge >= 0.3 is 5.97 Å². The molecule has 0 saturated carbocycles. The molecule has 0 bridgehead atoms. The maximum atomic E-state index is 12.0. The van der Waals surface area contributed by atoms with Crippen LogP contribution < -0.4 is 0 Å². The van der Waals surface area contributed by atoms with E-state index in [1.807, 2.05) is 6.07 Å². The Hall–Kier alpha value is -3.41. The molecule has 0 N–H and O–H groups in total. The number of furan rings is 2. The van der Waals surface area contributed by atoms with E-state index in [0.29, 0.717) is 46.1 Å². The molecule has 0 unspecified atom stereocenters. The second-order valence-corrected chi connectivity index (χ2v) is 5.30. The molecule has 3 heterocycles. The number of rotatable bonds is 4. The van der Waals surface area contributed by atoms with Crippen LogP contribution in [0.15, 0.2) is 63.8 Å². The van der Waals surface area contributed by atoms with Gasteiger partial charge in [0, 0.05) is 0 Å². The number of carbonyl (C=O) groups is 1. The molecule has 0 amide bonds. The van der Waals surface area contributed by atoms with E-state index in [1.165, 1.54) is 0 Å². The number of nitrogens with zero attached hydrogens (tertiary/aromatic N) is 2. The van der Waals surface area contributed by atoms with Crippen LogP contribution in [0.5, 0.6) is 0 Å². The molecule has 0 aliphatic rings. The highest BCUT2D eigenvalue weighted by Crippen LogP contribution is 2.31. The van der Waals surface area contributed by atoms with Gasteiger partial charge in [-0.25, -0.2) is 14.8 Å². The van der Waals surface area contributed by atoms with Gasteiger partial charge < -0.3 is 13.6 Å². The van der Waals surface area contributed by atoms with Crippen molar-refractivity contribution in [2.24, 2.45) is 0 Å². The number of esters is 1. The third-order valence-corrected chi connectivity index (χ3v) is 3.68. The zero-order chi connectivity index (χ0) is 17.2. The molecular weight excluding hydrogens is 320 g/mol. The van der Waals surface area contributed by atoms with Crippen molar-refractivity contribution in [2.75, 3.05) is 6.61 Å². The molecule has 6 heteroatoms. The minimum atomic E-state index is -0.388. The predicted octanol–water partition coefficient (Wildman–Crippen LogP) is 4.33. The highest BCUT2D eigenvalue weighted by Gasteiger charge is 2.18. The van der Waals surface area contributed by atoms with E-state index in [2.05, 4.69) is 9.97 Å². The number of fused-ring (bicyclic) bond motifs is 1. The first-order valence-electron chi connectivity index (χ1n) is 7.83. The first-order chi connectivity index (χ1) is 12.3. The Labute approximate surface area is 143 Å². The molecule has 0 aliphatic carbocycles. The number of carbonyl (C=O) groups excluding carboxylic acids is 1.